The first-order chi connectivity index (χ1) is 10.7. The van der Waals surface area contributed by atoms with Gasteiger partial charge in [0.1, 0.15) is 0 Å². The van der Waals surface area contributed by atoms with Gasteiger partial charge in [0.25, 0.3) is 0 Å². The van der Waals surface area contributed by atoms with Crippen LogP contribution in [-0.2, 0) is 0 Å². The highest BCUT2D eigenvalue weighted by molar-refractivity contribution is 5.85. The van der Waals surface area contributed by atoms with E-state index >= 15 is 0 Å². The van der Waals surface area contributed by atoms with Crippen molar-refractivity contribution in [3.63, 3.8) is 0 Å². The Morgan fingerprint density at radius 2 is 0.913 bits per heavy atom. The van der Waals surface area contributed by atoms with Crippen molar-refractivity contribution >= 4 is 12.4 Å². The molecule has 0 fully saturated rings. The van der Waals surface area contributed by atoms with Crippen LogP contribution in [0.1, 0.15) is 117 Å². The summed E-state index contributed by atoms with van der Waals surface area (Å²) in [6.45, 7) is 4.61. The number of hydrogen-bond donors (Lipinski definition) is 0. The zero-order chi connectivity index (χ0) is 16.5. The maximum atomic E-state index is 2.39. The molecule has 0 saturated heterocycles. The predicted molar refractivity (Wildman–Crippen MR) is 110 cm³/mol. The summed E-state index contributed by atoms with van der Waals surface area (Å²) >= 11 is 0. The molecule has 0 bridgehead atoms. The van der Waals surface area contributed by atoms with E-state index in [0.717, 1.165) is 6.04 Å². The van der Waals surface area contributed by atoms with Gasteiger partial charge in [-0.05, 0) is 26.9 Å². The molecule has 0 aromatic rings. The van der Waals surface area contributed by atoms with Crippen LogP contribution in [0.2, 0.25) is 0 Å². The number of nitrogens with zero attached hydrogens (tertiary/aromatic N) is 1. The van der Waals surface area contributed by atoms with Crippen LogP contribution >= 0.6 is 12.4 Å². The van der Waals surface area contributed by atoms with Gasteiger partial charge in [-0.3, -0.25) is 0 Å². The predicted octanol–water partition coefficient (Wildman–Crippen LogP) is 7.62. The molecule has 0 heterocycles. The van der Waals surface area contributed by atoms with E-state index in [-0.39, 0.29) is 12.4 Å². The molecule has 0 aliphatic rings. The normalized spacial score (nSPS) is 12.4. The van der Waals surface area contributed by atoms with Gasteiger partial charge in [-0.1, -0.05) is 104 Å². The molecule has 0 saturated carbocycles. The van der Waals surface area contributed by atoms with Gasteiger partial charge in [0.2, 0.25) is 0 Å². The second-order valence-electron chi connectivity index (χ2n) is 7.41. The third kappa shape index (κ3) is 18.4. The van der Waals surface area contributed by atoms with E-state index in [1.165, 1.54) is 103 Å². The molecule has 1 atom stereocenters. The summed E-state index contributed by atoms with van der Waals surface area (Å²) in [4.78, 5) is 2.39. The first-order valence-electron chi connectivity index (χ1n) is 10.4. The SMILES string of the molecule is CCCCCCCCCCCCCCCCC(CC)N(C)C.Cl. The van der Waals surface area contributed by atoms with E-state index in [0.29, 0.717) is 0 Å². The van der Waals surface area contributed by atoms with Crippen LogP contribution in [0.3, 0.4) is 0 Å². The molecule has 0 amide bonds. The van der Waals surface area contributed by atoms with E-state index in [9.17, 15) is 0 Å². The smallest absolute Gasteiger partial charge is 0.00865 e. The van der Waals surface area contributed by atoms with Crippen molar-refractivity contribution in [3.8, 4) is 0 Å². The third-order valence-electron chi connectivity index (χ3n) is 5.09. The molecule has 0 aliphatic carbocycles. The molecule has 1 nitrogen and oxygen atoms in total. The highest BCUT2D eigenvalue weighted by atomic mass is 35.5. The minimum Gasteiger partial charge on any atom is -0.306 e. The molecule has 0 aliphatic heterocycles. The monoisotopic (exact) mass is 347 g/mol. The molecule has 0 rings (SSSR count). The summed E-state index contributed by atoms with van der Waals surface area (Å²) in [5, 5.41) is 0. The molecule has 2 heteroatoms. The Morgan fingerprint density at radius 1 is 0.565 bits per heavy atom. The van der Waals surface area contributed by atoms with Gasteiger partial charge in [-0.15, -0.1) is 12.4 Å². The van der Waals surface area contributed by atoms with Gasteiger partial charge in [-0.25, -0.2) is 0 Å². The van der Waals surface area contributed by atoms with Crippen LogP contribution in [-0.4, -0.2) is 25.0 Å². The molecule has 0 aromatic carbocycles. The number of hydrogen-bond acceptors (Lipinski definition) is 1. The lowest BCUT2D eigenvalue weighted by molar-refractivity contribution is 0.264. The first kappa shape index (κ1) is 25.5. The largest absolute Gasteiger partial charge is 0.306 e. The Morgan fingerprint density at radius 3 is 1.22 bits per heavy atom. The van der Waals surface area contributed by atoms with Crippen molar-refractivity contribution in [3.05, 3.63) is 0 Å². The minimum absolute atomic E-state index is 0. The summed E-state index contributed by atoms with van der Waals surface area (Å²) in [5.74, 6) is 0. The zero-order valence-electron chi connectivity index (χ0n) is 16.7. The lowest BCUT2D eigenvalue weighted by atomic mass is 10.0. The molecule has 23 heavy (non-hydrogen) atoms. The van der Waals surface area contributed by atoms with E-state index < -0.39 is 0 Å². The minimum atomic E-state index is 0. The van der Waals surface area contributed by atoms with Gasteiger partial charge >= 0.3 is 0 Å². The summed E-state index contributed by atoms with van der Waals surface area (Å²) < 4.78 is 0. The second-order valence-corrected chi connectivity index (χ2v) is 7.41. The molecule has 1 unspecified atom stereocenters. The highest BCUT2D eigenvalue weighted by Crippen LogP contribution is 2.15. The van der Waals surface area contributed by atoms with Crippen LogP contribution in [0.15, 0.2) is 0 Å². The summed E-state index contributed by atoms with van der Waals surface area (Å²) in [6, 6.07) is 0.803. The lowest BCUT2D eigenvalue weighted by Crippen LogP contribution is -2.26. The quantitative estimate of drug-likeness (QED) is 0.244. The molecule has 0 aromatic heterocycles. The van der Waals surface area contributed by atoms with E-state index in [1.54, 1.807) is 0 Å². The summed E-state index contributed by atoms with van der Waals surface area (Å²) in [6.07, 6.45) is 23.1. The second kappa shape index (κ2) is 20.3. The topological polar surface area (TPSA) is 3.24 Å². The van der Waals surface area contributed by atoms with Crippen molar-refractivity contribution < 1.29 is 0 Å². The van der Waals surface area contributed by atoms with Crippen molar-refractivity contribution in [2.24, 2.45) is 0 Å². The Hall–Kier alpha value is 0.250. The molecule has 0 N–H and O–H groups in total. The van der Waals surface area contributed by atoms with E-state index in [2.05, 4.69) is 32.8 Å². The Labute approximate surface area is 154 Å². The van der Waals surface area contributed by atoms with Crippen LogP contribution in [0, 0.1) is 0 Å². The number of unbranched alkanes of at least 4 members (excludes halogenated alkanes) is 13. The number of rotatable bonds is 17. The zero-order valence-corrected chi connectivity index (χ0v) is 17.6. The maximum absolute atomic E-state index is 2.39. The van der Waals surface area contributed by atoms with Crippen LogP contribution < -0.4 is 0 Å². The molecular formula is C21H46ClN. The van der Waals surface area contributed by atoms with Crippen molar-refractivity contribution in [1.82, 2.24) is 4.90 Å². The fourth-order valence-corrected chi connectivity index (χ4v) is 3.40. The first-order valence-corrected chi connectivity index (χ1v) is 10.4. The Kier molecular flexibility index (Phi) is 22.5. The fourth-order valence-electron chi connectivity index (χ4n) is 3.40. The van der Waals surface area contributed by atoms with Gasteiger partial charge in [0.05, 0.1) is 0 Å². The van der Waals surface area contributed by atoms with Crippen molar-refractivity contribution in [2.75, 3.05) is 14.1 Å². The maximum Gasteiger partial charge on any atom is 0.00865 e. The standard InChI is InChI=1S/C21H45N.ClH/c1-5-7-8-9-10-11-12-13-14-15-16-17-18-19-20-21(6-2)22(3)4;/h21H,5-20H2,1-4H3;1H. The Bertz CT molecular complexity index is 206. The average Bonchev–Trinajstić information content (AvgIpc) is 2.51. The highest BCUT2D eigenvalue weighted by Gasteiger charge is 2.07. The lowest BCUT2D eigenvalue weighted by Gasteiger charge is -2.22. The molecule has 0 radical (unpaired) electrons. The molecular weight excluding hydrogens is 302 g/mol. The van der Waals surface area contributed by atoms with Gasteiger partial charge in [-0.2, -0.15) is 0 Å². The van der Waals surface area contributed by atoms with Gasteiger partial charge in [0.15, 0.2) is 0 Å². The molecule has 0 spiro atoms. The van der Waals surface area contributed by atoms with Crippen LogP contribution in [0.5, 0.6) is 0 Å². The summed E-state index contributed by atoms with van der Waals surface area (Å²) in [7, 11) is 4.44. The van der Waals surface area contributed by atoms with Gasteiger partial charge in [0, 0.05) is 6.04 Å². The summed E-state index contributed by atoms with van der Waals surface area (Å²) in [5.41, 5.74) is 0. The van der Waals surface area contributed by atoms with E-state index in [4.69, 9.17) is 0 Å². The van der Waals surface area contributed by atoms with Crippen LogP contribution in [0.25, 0.3) is 0 Å². The van der Waals surface area contributed by atoms with Gasteiger partial charge < -0.3 is 4.90 Å². The Balaban J connectivity index is 0. The molecule has 142 valence electrons. The van der Waals surface area contributed by atoms with Crippen LogP contribution in [0.4, 0.5) is 0 Å². The average molecular weight is 348 g/mol. The van der Waals surface area contributed by atoms with Crippen molar-refractivity contribution in [1.29, 1.82) is 0 Å². The van der Waals surface area contributed by atoms with Crippen molar-refractivity contribution in [2.45, 2.75) is 123 Å². The third-order valence-corrected chi connectivity index (χ3v) is 5.09. The van der Waals surface area contributed by atoms with E-state index in [1.807, 2.05) is 0 Å². The number of halogens is 1. The fraction of sp³-hybridized carbons (Fsp3) is 1.00.